The molecule has 3 nitrogen and oxygen atoms in total. The van der Waals surface area contributed by atoms with Gasteiger partial charge in [-0.1, -0.05) is 0 Å². The van der Waals surface area contributed by atoms with Gasteiger partial charge in [0.1, 0.15) is 5.82 Å². The zero-order valence-corrected chi connectivity index (χ0v) is 10.5. The summed E-state index contributed by atoms with van der Waals surface area (Å²) in [6.45, 7) is 1.78. The first kappa shape index (κ1) is 12.5. The number of aryl methyl sites for hydroxylation is 3. The number of Topliss-reactive ketones (excluding diaryl/α,β-unsaturated/α-hetero) is 1. The molecule has 0 aliphatic carbocycles. The zero-order valence-electron chi connectivity index (χ0n) is 10.5. The van der Waals surface area contributed by atoms with Crippen molar-refractivity contribution in [1.82, 2.24) is 9.78 Å². The zero-order chi connectivity index (χ0) is 13.1. The average molecular weight is 246 g/mol. The molecule has 0 unspecified atom stereocenters. The molecule has 0 bridgehead atoms. The topological polar surface area (TPSA) is 34.9 Å². The van der Waals surface area contributed by atoms with Gasteiger partial charge < -0.3 is 0 Å². The molecular formula is C14H15FN2O. The predicted molar refractivity (Wildman–Crippen MR) is 67.0 cm³/mol. The number of ketones is 1. The lowest BCUT2D eigenvalue weighted by Crippen LogP contribution is -2.05. The van der Waals surface area contributed by atoms with E-state index in [-0.39, 0.29) is 11.6 Å². The molecule has 94 valence electrons. The Morgan fingerprint density at radius 1 is 1.39 bits per heavy atom. The van der Waals surface area contributed by atoms with Crippen LogP contribution in [0.2, 0.25) is 0 Å². The molecule has 1 heterocycles. The number of hydrogen-bond acceptors (Lipinski definition) is 2. The lowest BCUT2D eigenvalue weighted by Gasteiger charge is -2.04. The van der Waals surface area contributed by atoms with Gasteiger partial charge >= 0.3 is 0 Å². The fourth-order valence-corrected chi connectivity index (χ4v) is 1.93. The number of carbonyl (C=O) groups excluding carboxylic acids is 1. The summed E-state index contributed by atoms with van der Waals surface area (Å²) >= 11 is 0. The number of aromatic nitrogens is 2. The second-order valence-electron chi connectivity index (χ2n) is 4.39. The maximum atomic E-state index is 13.2. The smallest absolute Gasteiger partial charge is 0.163 e. The Morgan fingerprint density at radius 3 is 2.78 bits per heavy atom. The maximum Gasteiger partial charge on any atom is 0.163 e. The molecule has 0 N–H and O–H groups in total. The third-order valence-electron chi connectivity index (χ3n) is 2.89. The number of benzene rings is 1. The van der Waals surface area contributed by atoms with E-state index in [1.165, 1.54) is 12.1 Å². The van der Waals surface area contributed by atoms with Gasteiger partial charge in [0.2, 0.25) is 0 Å². The number of carbonyl (C=O) groups is 1. The molecule has 0 aliphatic heterocycles. The molecule has 1 aromatic heterocycles. The van der Waals surface area contributed by atoms with Gasteiger partial charge in [0, 0.05) is 30.9 Å². The second-order valence-corrected chi connectivity index (χ2v) is 4.39. The third kappa shape index (κ3) is 2.83. The van der Waals surface area contributed by atoms with E-state index in [0.717, 1.165) is 11.3 Å². The van der Waals surface area contributed by atoms with Gasteiger partial charge in [-0.2, -0.15) is 5.10 Å². The van der Waals surface area contributed by atoms with Crippen LogP contribution in [0, 0.1) is 12.7 Å². The molecular weight excluding hydrogens is 231 g/mol. The fourth-order valence-electron chi connectivity index (χ4n) is 1.93. The molecule has 0 amide bonds. The summed E-state index contributed by atoms with van der Waals surface area (Å²) < 4.78 is 14.9. The monoisotopic (exact) mass is 246 g/mol. The molecule has 0 fully saturated rings. The number of rotatable bonds is 4. The predicted octanol–water partition coefficient (Wildman–Crippen LogP) is 2.68. The Kier molecular flexibility index (Phi) is 3.55. The molecule has 0 atom stereocenters. The van der Waals surface area contributed by atoms with Crippen molar-refractivity contribution in [3.8, 4) is 0 Å². The Labute approximate surface area is 105 Å². The maximum absolute atomic E-state index is 13.2. The molecule has 2 aromatic rings. The van der Waals surface area contributed by atoms with Crippen LogP contribution in [0.4, 0.5) is 4.39 Å². The van der Waals surface area contributed by atoms with Crippen LogP contribution in [0.1, 0.15) is 28.0 Å². The van der Waals surface area contributed by atoms with Crippen LogP contribution in [0.25, 0.3) is 0 Å². The van der Waals surface area contributed by atoms with Gasteiger partial charge in [-0.3, -0.25) is 9.48 Å². The summed E-state index contributed by atoms with van der Waals surface area (Å²) in [5.41, 5.74) is 2.20. The summed E-state index contributed by atoms with van der Waals surface area (Å²) in [4.78, 5) is 12.0. The van der Waals surface area contributed by atoms with E-state index in [2.05, 4.69) is 5.10 Å². The number of hydrogen-bond donors (Lipinski definition) is 0. The van der Waals surface area contributed by atoms with Gasteiger partial charge in [-0.15, -0.1) is 0 Å². The van der Waals surface area contributed by atoms with Crippen LogP contribution in [0.5, 0.6) is 0 Å². The van der Waals surface area contributed by atoms with Gasteiger partial charge in [0.15, 0.2) is 5.78 Å². The minimum Gasteiger partial charge on any atom is -0.294 e. The quantitative estimate of drug-likeness (QED) is 0.777. The molecule has 1 aromatic carbocycles. The molecule has 0 saturated heterocycles. The molecule has 0 aliphatic rings. The lowest BCUT2D eigenvalue weighted by molar-refractivity contribution is 0.0981. The molecule has 18 heavy (non-hydrogen) atoms. The van der Waals surface area contributed by atoms with Crippen molar-refractivity contribution >= 4 is 5.78 Å². The van der Waals surface area contributed by atoms with E-state index >= 15 is 0 Å². The van der Waals surface area contributed by atoms with Crippen LogP contribution in [0.15, 0.2) is 30.5 Å². The van der Waals surface area contributed by atoms with Crippen molar-refractivity contribution in [2.45, 2.75) is 19.8 Å². The minimum absolute atomic E-state index is 0.0428. The highest BCUT2D eigenvalue weighted by Crippen LogP contribution is 2.12. The van der Waals surface area contributed by atoms with Crippen LogP contribution >= 0.6 is 0 Å². The van der Waals surface area contributed by atoms with Crippen molar-refractivity contribution in [1.29, 1.82) is 0 Å². The van der Waals surface area contributed by atoms with Crippen molar-refractivity contribution in [3.63, 3.8) is 0 Å². The van der Waals surface area contributed by atoms with Crippen LogP contribution in [0.3, 0.4) is 0 Å². The Hall–Kier alpha value is -1.97. The molecule has 0 radical (unpaired) electrons. The molecule has 0 saturated carbocycles. The van der Waals surface area contributed by atoms with E-state index in [1.807, 2.05) is 13.1 Å². The fraction of sp³-hybridized carbons (Fsp3) is 0.286. The normalized spacial score (nSPS) is 10.6. The van der Waals surface area contributed by atoms with Gasteiger partial charge in [-0.25, -0.2) is 4.39 Å². The molecule has 4 heteroatoms. The highest BCUT2D eigenvalue weighted by atomic mass is 19.1. The molecule has 2 rings (SSSR count). The second kappa shape index (κ2) is 5.12. The highest BCUT2D eigenvalue weighted by Gasteiger charge is 2.09. The standard InChI is InChI=1S/C14H15FN2O/c1-10-7-11(9-12(15)8-10)14(18)4-3-13-5-6-16-17(13)2/h5-9H,3-4H2,1-2H3. The van der Waals surface area contributed by atoms with Crippen LogP contribution in [-0.2, 0) is 13.5 Å². The Balaban J connectivity index is 2.06. The summed E-state index contributed by atoms with van der Waals surface area (Å²) in [5, 5.41) is 4.04. The first-order valence-electron chi connectivity index (χ1n) is 5.83. The number of nitrogens with zero attached hydrogens (tertiary/aromatic N) is 2. The lowest BCUT2D eigenvalue weighted by atomic mass is 10.0. The van der Waals surface area contributed by atoms with Crippen LogP contribution in [-0.4, -0.2) is 15.6 Å². The van der Waals surface area contributed by atoms with E-state index in [4.69, 9.17) is 0 Å². The first-order valence-corrected chi connectivity index (χ1v) is 5.83. The summed E-state index contributed by atoms with van der Waals surface area (Å²) in [6.07, 6.45) is 2.68. The van der Waals surface area contributed by atoms with Gasteiger partial charge in [0.25, 0.3) is 0 Å². The largest absolute Gasteiger partial charge is 0.294 e. The van der Waals surface area contributed by atoms with Crippen molar-refractivity contribution in [2.24, 2.45) is 7.05 Å². The highest BCUT2D eigenvalue weighted by molar-refractivity contribution is 5.96. The summed E-state index contributed by atoms with van der Waals surface area (Å²) in [7, 11) is 1.84. The van der Waals surface area contributed by atoms with Gasteiger partial charge in [-0.05, 0) is 43.2 Å². The number of halogens is 1. The van der Waals surface area contributed by atoms with Crippen molar-refractivity contribution in [3.05, 3.63) is 53.1 Å². The van der Waals surface area contributed by atoms with Crippen molar-refractivity contribution < 1.29 is 9.18 Å². The van der Waals surface area contributed by atoms with Crippen LogP contribution < -0.4 is 0 Å². The molecule has 0 spiro atoms. The average Bonchev–Trinajstić information content (AvgIpc) is 2.70. The summed E-state index contributed by atoms with van der Waals surface area (Å²) in [6, 6.07) is 6.30. The van der Waals surface area contributed by atoms with E-state index < -0.39 is 0 Å². The SMILES string of the molecule is Cc1cc(F)cc(C(=O)CCc2ccnn2C)c1. The minimum atomic E-state index is -0.362. The first-order chi connectivity index (χ1) is 8.56. The summed E-state index contributed by atoms with van der Waals surface area (Å²) in [5.74, 6) is -0.405. The van der Waals surface area contributed by atoms with E-state index in [1.54, 1.807) is 23.9 Å². The Morgan fingerprint density at radius 2 is 2.17 bits per heavy atom. The Bertz CT molecular complexity index is 555. The van der Waals surface area contributed by atoms with Gasteiger partial charge in [0.05, 0.1) is 0 Å². The van der Waals surface area contributed by atoms with E-state index in [0.29, 0.717) is 18.4 Å². The third-order valence-corrected chi connectivity index (χ3v) is 2.89. The van der Waals surface area contributed by atoms with E-state index in [9.17, 15) is 9.18 Å². The van der Waals surface area contributed by atoms with Crippen molar-refractivity contribution in [2.75, 3.05) is 0 Å².